The van der Waals surface area contributed by atoms with Crippen molar-refractivity contribution in [2.24, 2.45) is 5.92 Å². The molecule has 0 saturated carbocycles. The molecule has 1 aromatic carbocycles. The summed E-state index contributed by atoms with van der Waals surface area (Å²) in [6, 6.07) is 3.45. The summed E-state index contributed by atoms with van der Waals surface area (Å²) in [5, 5.41) is 9.14. The summed E-state index contributed by atoms with van der Waals surface area (Å²) in [5.41, 5.74) is 0.827. The van der Waals surface area contributed by atoms with Crippen LogP contribution in [-0.4, -0.2) is 32.1 Å². The van der Waals surface area contributed by atoms with Gasteiger partial charge in [-0.1, -0.05) is 13.8 Å². The van der Waals surface area contributed by atoms with Crippen molar-refractivity contribution < 1.29 is 23.1 Å². The molecule has 0 aromatic heterocycles. The van der Waals surface area contributed by atoms with Gasteiger partial charge in [0.05, 0.1) is 11.5 Å². The first kappa shape index (κ1) is 15.8. The van der Waals surface area contributed by atoms with Gasteiger partial charge < -0.3 is 9.84 Å². The zero-order valence-corrected chi connectivity index (χ0v) is 12.8. The van der Waals surface area contributed by atoms with E-state index in [0.717, 1.165) is 5.56 Å². The second-order valence-electron chi connectivity index (χ2n) is 5.51. The molecule has 1 aliphatic rings. The summed E-state index contributed by atoms with van der Waals surface area (Å²) in [6.07, 6.45) is 0.898. The van der Waals surface area contributed by atoms with Crippen LogP contribution in [0.4, 0.5) is 0 Å². The predicted molar refractivity (Wildman–Crippen MR) is 76.8 cm³/mol. The topological polar surface area (TPSA) is 92.7 Å². The van der Waals surface area contributed by atoms with E-state index in [0.29, 0.717) is 18.8 Å². The van der Waals surface area contributed by atoms with Gasteiger partial charge >= 0.3 is 5.97 Å². The van der Waals surface area contributed by atoms with Crippen LogP contribution in [0.15, 0.2) is 23.1 Å². The van der Waals surface area contributed by atoms with Crippen LogP contribution in [0.25, 0.3) is 0 Å². The molecule has 0 bridgehead atoms. The lowest BCUT2D eigenvalue weighted by Gasteiger charge is -2.16. The maximum Gasteiger partial charge on any atom is 0.321 e. The van der Waals surface area contributed by atoms with Crippen molar-refractivity contribution >= 4 is 16.0 Å². The number of carboxylic acid groups (broad SMARTS) is 1. The van der Waals surface area contributed by atoms with Gasteiger partial charge in [-0.3, -0.25) is 4.79 Å². The van der Waals surface area contributed by atoms with Crippen molar-refractivity contribution in [2.75, 3.05) is 6.61 Å². The van der Waals surface area contributed by atoms with E-state index in [1.54, 1.807) is 12.1 Å². The highest BCUT2D eigenvalue weighted by molar-refractivity contribution is 7.89. The first-order valence-corrected chi connectivity index (χ1v) is 8.29. The largest absolute Gasteiger partial charge is 0.493 e. The first-order chi connectivity index (χ1) is 9.79. The van der Waals surface area contributed by atoms with Crippen molar-refractivity contribution in [1.82, 2.24) is 4.72 Å². The fraction of sp³-hybridized carbons (Fsp3) is 0.500. The quantitative estimate of drug-likeness (QED) is 0.828. The van der Waals surface area contributed by atoms with E-state index in [9.17, 15) is 13.2 Å². The first-order valence-electron chi connectivity index (χ1n) is 6.80. The Labute approximate surface area is 124 Å². The highest BCUT2D eigenvalue weighted by atomic mass is 32.2. The number of aliphatic carboxylic acids is 1. The minimum absolute atomic E-state index is 0.0711. The molecular formula is C14H19NO5S. The molecule has 2 N–H and O–H groups in total. The van der Waals surface area contributed by atoms with Gasteiger partial charge in [0.1, 0.15) is 11.8 Å². The van der Waals surface area contributed by atoms with E-state index < -0.39 is 22.0 Å². The average Bonchev–Trinajstić information content (AvgIpc) is 2.84. The third-order valence-corrected chi connectivity index (χ3v) is 4.74. The second kappa shape index (κ2) is 6.03. The van der Waals surface area contributed by atoms with Crippen LogP contribution >= 0.6 is 0 Å². The average molecular weight is 313 g/mol. The summed E-state index contributed by atoms with van der Waals surface area (Å²) < 4.78 is 32.2. The molecule has 7 heteroatoms. The van der Waals surface area contributed by atoms with Crippen molar-refractivity contribution in [3.05, 3.63) is 23.8 Å². The number of carbonyl (C=O) groups is 1. The molecular weight excluding hydrogens is 294 g/mol. The lowest BCUT2D eigenvalue weighted by atomic mass is 10.1. The Balaban J connectivity index is 2.23. The van der Waals surface area contributed by atoms with Crippen LogP contribution in [0.5, 0.6) is 5.75 Å². The summed E-state index contributed by atoms with van der Waals surface area (Å²) in [6.45, 7) is 4.23. The number of sulfonamides is 1. The lowest BCUT2D eigenvalue weighted by molar-refractivity contribution is -0.139. The van der Waals surface area contributed by atoms with Gasteiger partial charge in [0, 0.05) is 6.42 Å². The highest BCUT2D eigenvalue weighted by Crippen LogP contribution is 2.27. The third-order valence-electron chi connectivity index (χ3n) is 3.27. The van der Waals surface area contributed by atoms with Gasteiger partial charge in [0.15, 0.2) is 0 Å². The van der Waals surface area contributed by atoms with E-state index in [2.05, 4.69) is 4.72 Å². The fourth-order valence-electron chi connectivity index (χ4n) is 2.26. The van der Waals surface area contributed by atoms with Crippen LogP contribution in [0.1, 0.15) is 25.8 Å². The normalized spacial score (nSPS) is 15.6. The van der Waals surface area contributed by atoms with Gasteiger partial charge in [-0.15, -0.1) is 0 Å². The Morgan fingerprint density at radius 1 is 1.43 bits per heavy atom. The molecule has 0 amide bonds. The molecule has 0 spiro atoms. The number of benzene rings is 1. The number of ether oxygens (including phenoxy) is 1. The molecule has 0 aliphatic carbocycles. The monoisotopic (exact) mass is 313 g/mol. The summed E-state index contributed by atoms with van der Waals surface area (Å²) in [4.78, 5) is 11.3. The molecule has 2 rings (SSSR count). The summed E-state index contributed by atoms with van der Waals surface area (Å²) in [7, 11) is -3.86. The van der Waals surface area contributed by atoms with Gasteiger partial charge in [0.25, 0.3) is 0 Å². The van der Waals surface area contributed by atoms with Crippen LogP contribution in [0.3, 0.4) is 0 Å². The number of hydrogen-bond donors (Lipinski definition) is 2. The smallest absolute Gasteiger partial charge is 0.321 e. The van der Waals surface area contributed by atoms with Crippen molar-refractivity contribution in [3.8, 4) is 5.75 Å². The van der Waals surface area contributed by atoms with Crippen LogP contribution < -0.4 is 9.46 Å². The summed E-state index contributed by atoms with van der Waals surface area (Å²) >= 11 is 0. The van der Waals surface area contributed by atoms with Crippen molar-refractivity contribution in [2.45, 2.75) is 37.6 Å². The Morgan fingerprint density at radius 3 is 2.76 bits per heavy atom. The fourth-order valence-corrected chi connectivity index (χ4v) is 3.51. The number of nitrogens with one attached hydrogen (secondary N) is 1. The number of hydrogen-bond acceptors (Lipinski definition) is 4. The molecule has 1 atom stereocenters. The molecule has 0 fully saturated rings. The van der Waals surface area contributed by atoms with Gasteiger partial charge in [0.2, 0.25) is 10.0 Å². The molecule has 0 saturated heterocycles. The number of rotatable bonds is 6. The van der Waals surface area contributed by atoms with E-state index >= 15 is 0 Å². The minimum atomic E-state index is -3.86. The maximum absolute atomic E-state index is 12.3. The third kappa shape index (κ3) is 3.74. The van der Waals surface area contributed by atoms with E-state index in [1.807, 2.05) is 13.8 Å². The standard InChI is InChI=1S/C14H19NO5S/c1-9(2)7-12(14(16)17)15-21(18,19)11-3-4-13-10(8-11)5-6-20-13/h3-4,8-9,12,15H,5-7H2,1-2H3,(H,16,17)/t12-/m1/s1. The molecule has 1 aliphatic heterocycles. The molecule has 116 valence electrons. The zero-order valence-electron chi connectivity index (χ0n) is 12.0. The number of fused-ring (bicyclic) bond motifs is 1. The second-order valence-corrected chi connectivity index (χ2v) is 7.22. The maximum atomic E-state index is 12.3. The molecule has 1 aromatic rings. The zero-order chi connectivity index (χ0) is 15.6. The summed E-state index contributed by atoms with van der Waals surface area (Å²) in [5.74, 6) is -0.412. The van der Waals surface area contributed by atoms with Crippen molar-refractivity contribution in [1.29, 1.82) is 0 Å². The molecule has 1 heterocycles. The lowest BCUT2D eigenvalue weighted by Crippen LogP contribution is -2.41. The SMILES string of the molecule is CC(C)C[C@@H](NS(=O)(=O)c1ccc2c(c1)CCO2)C(=O)O. The van der Waals surface area contributed by atoms with Gasteiger partial charge in [-0.05, 0) is 36.1 Å². The van der Waals surface area contributed by atoms with Crippen molar-refractivity contribution in [3.63, 3.8) is 0 Å². The molecule has 6 nitrogen and oxygen atoms in total. The van der Waals surface area contributed by atoms with Crippen LogP contribution in [0.2, 0.25) is 0 Å². The van der Waals surface area contributed by atoms with Crippen LogP contribution in [-0.2, 0) is 21.2 Å². The van der Waals surface area contributed by atoms with Gasteiger partial charge in [-0.2, -0.15) is 4.72 Å². The van der Waals surface area contributed by atoms with E-state index in [-0.39, 0.29) is 17.2 Å². The Morgan fingerprint density at radius 2 is 2.14 bits per heavy atom. The molecule has 21 heavy (non-hydrogen) atoms. The predicted octanol–water partition coefficient (Wildman–Crippen LogP) is 1.40. The molecule has 0 radical (unpaired) electrons. The van der Waals surface area contributed by atoms with Gasteiger partial charge in [-0.25, -0.2) is 8.42 Å². The van der Waals surface area contributed by atoms with Crippen LogP contribution in [0, 0.1) is 5.92 Å². The Hall–Kier alpha value is -1.60. The minimum Gasteiger partial charge on any atom is -0.493 e. The highest BCUT2D eigenvalue weighted by Gasteiger charge is 2.27. The Bertz CT molecular complexity index is 639. The number of carboxylic acids is 1. The Kier molecular flexibility index (Phi) is 4.53. The van der Waals surface area contributed by atoms with E-state index in [4.69, 9.17) is 9.84 Å². The van der Waals surface area contributed by atoms with E-state index in [1.165, 1.54) is 6.07 Å². The molecule has 0 unspecified atom stereocenters.